The second kappa shape index (κ2) is 11.2. The number of halogens is 1. The quantitative estimate of drug-likeness (QED) is 0.607. The van der Waals surface area contributed by atoms with Gasteiger partial charge in [-0.3, -0.25) is 9.59 Å². The van der Waals surface area contributed by atoms with Crippen molar-refractivity contribution in [1.82, 2.24) is 20.4 Å². The first-order valence-electron chi connectivity index (χ1n) is 12.8. The summed E-state index contributed by atoms with van der Waals surface area (Å²) in [6.45, 7) is 14.4. The van der Waals surface area contributed by atoms with E-state index < -0.39 is 6.04 Å². The lowest BCUT2D eigenvalue weighted by molar-refractivity contribution is -0.141. The van der Waals surface area contributed by atoms with Crippen LogP contribution in [-0.4, -0.2) is 65.9 Å². The van der Waals surface area contributed by atoms with Crippen molar-refractivity contribution >= 4 is 29.4 Å². The van der Waals surface area contributed by atoms with E-state index in [-0.39, 0.29) is 41.1 Å². The Labute approximate surface area is 214 Å². The van der Waals surface area contributed by atoms with Gasteiger partial charge in [0.1, 0.15) is 6.04 Å². The van der Waals surface area contributed by atoms with Crippen LogP contribution in [0.2, 0.25) is 5.02 Å². The fraction of sp³-hybridized carbons (Fsp3) is 0.667. The van der Waals surface area contributed by atoms with Crippen LogP contribution in [0.5, 0.6) is 0 Å². The number of rotatable bonds is 6. The molecule has 2 aliphatic rings. The minimum Gasteiger partial charge on any atom is -0.344 e. The molecule has 0 unspecified atom stereocenters. The standard InChI is InChI=1S/C27H41ClN4O3/c1-17(2)23(30-24(33)20-11-13-31(15-20)26(35)29-18(3)4)25(34)32-14-12-22(27(5,6)16-32)19-7-9-21(28)10-8-19/h7-10,17-18,20,22-23H,11-16H2,1-6H3,(H,29,35)(H,30,33)/t20-,22-,23-/m1/s1. The lowest BCUT2D eigenvalue weighted by Crippen LogP contribution is -2.56. The smallest absolute Gasteiger partial charge is 0.317 e. The van der Waals surface area contributed by atoms with Gasteiger partial charge < -0.3 is 20.4 Å². The van der Waals surface area contributed by atoms with Gasteiger partial charge in [-0.15, -0.1) is 0 Å². The number of hydrogen-bond acceptors (Lipinski definition) is 3. The Morgan fingerprint density at radius 3 is 2.17 bits per heavy atom. The van der Waals surface area contributed by atoms with Crippen LogP contribution in [0.1, 0.15) is 65.9 Å². The highest BCUT2D eigenvalue weighted by molar-refractivity contribution is 6.30. The molecule has 2 N–H and O–H groups in total. The maximum Gasteiger partial charge on any atom is 0.317 e. The third-order valence-corrected chi connectivity index (χ3v) is 7.55. The zero-order valence-corrected chi connectivity index (χ0v) is 22.7. The Bertz CT molecular complexity index is 916. The second-order valence-electron chi connectivity index (χ2n) is 11.4. The number of carbonyl (C=O) groups is 3. The predicted octanol–water partition coefficient (Wildman–Crippen LogP) is 4.26. The fourth-order valence-corrected chi connectivity index (χ4v) is 5.46. The molecule has 7 nitrogen and oxygen atoms in total. The van der Waals surface area contributed by atoms with Crippen LogP contribution < -0.4 is 10.6 Å². The molecular formula is C27H41ClN4O3. The molecule has 0 aromatic heterocycles. The largest absolute Gasteiger partial charge is 0.344 e. The van der Waals surface area contributed by atoms with Crippen molar-refractivity contribution in [3.8, 4) is 0 Å². The van der Waals surface area contributed by atoms with Gasteiger partial charge in [0.15, 0.2) is 0 Å². The highest BCUT2D eigenvalue weighted by Gasteiger charge is 2.41. The molecule has 0 aliphatic carbocycles. The van der Waals surface area contributed by atoms with E-state index in [1.54, 1.807) is 4.90 Å². The summed E-state index contributed by atoms with van der Waals surface area (Å²) in [5.41, 5.74) is 1.13. The van der Waals surface area contributed by atoms with Crippen LogP contribution in [0.3, 0.4) is 0 Å². The number of amides is 4. The molecule has 3 rings (SSSR count). The van der Waals surface area contributed by atoms with E-state index in [1.165, 1.54) is 5.56 Å². The Morgan fingerprint density at radius 2 is 1.60 bits per heavy atom. The highest BCUT2D eigenvalue weighted by atomic mass is 35.5. The lowest BCUT2D eigenvalue weighted by Gasteiger charge is -2.45. The Morgan fingerprint density at radius 1 is 0.971 bits per heavy atom. The van der Waals surface area contributed by atoms with E-state index in [4.69, 9.17) is 11.6 Å². The van der Waals surface area contributed by atoms with Gasteiger partial charge in [-0.1, -0.05) is 51.4 Å². The molecule has 0 radical (unpaired) electrons. The average Bonchev–Trinajstić information content (AvgIpc) is 3.27. The van der Waals surface area contributed by atoms with E-state index in [1.807, 2.05) is 44.7 Å². The minimum atomic E-state index is -0.580. The normalized spacial score (nSPS) is 22.9. The van der Waals surface area contributed by atoms with E-state index in [9.17, 15) is 14.4 Å². The molecule has 1 aromatic carbocycles. The van der Waals surface area contributed by atoms with E-state index in [0.717, 1.165) is 11.4 Å². The summed E-state index contributed by atoms with van der Waals surface area (Å²) >= 11 is 6.07. The summed E-state index contributed by atoms with van der Waals surface area (Å²) in [5, 5.41) is 6.63. The number of urea groups is 1. The molecule has 0 bridgehead atoms. The first-order chi connectivity index (χ1) is 16.4. The van der Waals surface area contributed by atoms with Crippen LogP contribution in [0.25, 0.3) is 0 Å². The highest BCUT2D eigenvalue weighted by Crippen LogP contribution is 2.42. The fourth-order valence-electron chi connectivity index (χ4n) is 5.34. The SMILES string of the molecule is CC(C)NC(=O)N1CC[C@@H](C(=O)N[C@@H](C(=O)N2CC[C@H](c3ccc(Cl)cc3)C(C)(C)C2)C(C)C)C1. The van der Waals surface area contributed by atoms with Crippen LogP contribution >= 0.6 is 11.6 Å². The molecule has 4 amide bonds. The van der Waals surface area contributed by atoms with Crippen LogP contribution in [0.4, 0.5) is 4.79 Å². The molecule has 3 atom stereocenters. The van der Waals surface area contributed by atoms with Crippen molar-refractivity contribution in [2.24, 2.45) is 17.3 Å². The second-order valence-corrected chi connectivity index (χ2v) is 11.8. The summed E-state index contributed by atoms with van der Waals surface area (Å²) < 4.78 is 0. The molecule has 2 fully saturated rings. The zero-order chi connectivity index (χ0) is 25.9. The zero-order valence-electron chi connectivity index (χ0n) is 21.9. The number of carbonyl (C=O) groups excluding carboxylic acids is 3. The number of hydrogen-bond donors (Lipinski definition) is 2. The first kappa shape index (κ1) is 27.3. The van der Waals surface area contributed by atoms with Gasteiger partial charge in [-0.05, 0) is 61.6 Å². The maximum absolute atomic E-state index is 13.6. The van der Waals surface area contributed by atoms with Gasteiger partial charge in [-0.2, -0.15) is 0 Å². The molecule has 2 heterocycles. The topological polar surface area (TPSA) is 81.8 Å². The summed E-state index contributed by atoms with van der Waals surface area (Å²) in [7, 11) is 0. The van der Waals surface area contributed by atoms with Crippen molar-refractivity contribution in [3.63, 3.8) is 0 Å². The van der Waals surface area contributed by atoms with E-state index in [0.29, 0.717) is 38.5 Å². The minimum absolute atomic E-state index is 0.0246. The van der Waals surface area contributed by atoms with Gasteiger partial charge in [0.25, 0.3) is 0 Å². The van der Waals surface area contributed by atoms with Crippen LogP contribution in [0.15, 0.2) is 24.3 Å². The molecule has 0 saturated carbocycles. The maximum atomic E-state index is 13.6. The number of nitrogens with zero attached hydrogens (tertiary/aromatic N) is 2. The first-order valence-corrected chi connectivity index (χ1v) is 13.2. The lowest BCUT2D eigenvalue weighted by atomic mass is 9.70. The van der Waals surface area contributed by atoms with Crippen LogP contribution in [-0.2, 0) is 9.59 Å². The number of piperidine rings is 1. The third-order valence-electron chi connectivity index (χ3n) is 7.30. The summed E-state index contributed by atoms with van der Waals surface area (Å²) in [4.78, 5) is 42.5. The Hall–Kier alpha value is -2.28. The van der Waals surface area contributed by atoms with Crippen LogP contribution in [0, 0.1) is 17.3 Å². The van der Waals surface area contributed by atoms with Crippen molar-refractivity contribution in [2.45, 2.75) is 72.4 Å². The van der Waals surface area contributed by atoms with Crippen molar-refractivity contribution in [1.29, 1.82) is 0 Å². The number of likely N-dealkylation sites (tertiary alicyclic amines) is 2. The van der Waals surface area contributed by atoms with E-state index in [2.05, 4.69) is 36.6 Å². The number of benzene rings is 1. The predicted molar refractivity (Wildman–Crippen MR) is 139 cm³/mol. The molecule has 194 valence electrons. The Kier molecular flexibility index (Phi) is 8.73. The summed E-state index contributed by atoms with van der Waals surface area (Å²) in [5.74, 6) is -0.174. The monoisotopic (exact) mass is 504 g/mol. The molecular weight excluding hydrogens is 464 g/mol. The molecule has 1 aromatic rings. The average molecular weight is 505 g/mol. The molecule has 0 spiro atoms. The van der Waals surface area contributed by atoms with Gasteiger partial charge in [0.05, 0.1) is 5.92 Å². The van der Waals surface area contributed by atoms with Crippen molar-refractivity contribution in [2.75, 3.05) is 26.2 Å². The third kappa shape index (κ3) is 6.69. The molecule has 35 heavy (non-hydrogen) atoms. The van der Waals surface area contributed by atoms with E-state index >= 15 is 0 Å². The van der Waals surface area contributed by atoms with Crippen molar-refractivity contribution < 1.29 is 14.4 Å². The Balaban J connectivity index is 1.62. The molecule has 2 saturated heterocycles. The summed E-state index contributed by atoms with van der Waals surface area (Å²) in [6, 6.07) is 7.33. The number of nitrogens with one attached hydrogen (secondary N) is 2. The van der Waals surface area contributed by atoms with Crippen molar-refractivity contribution in [3.05, 3.63) is 34.9 Å². The summed E-state index contributed by atoms with van der Waals surface area (Å²) in [6.07, 6.45) is 1.47. The van der Waals surface area contributed by atoms with Gasteiger partial charge in [0, 0.05) is 37.2 Å². The molecule has 8 heteroatoms. The van der Waals surface area contributed by atoms with Gasteiger partial charge in [-0.25, -0.2) is 4.79 Å². The van der Waals surface area contributed by atoms with Gasteiger partial charge in [0.2, 0.25) is 11.8 Å². The molecule has 2 aliphatic heterocycles. The van der Waals surface area contributed by atoms with Gasteiger partial charge >= 0.3 is 6.03 Å².